The van der Waals surface area contributed by atoms with Crippen molar-refractivity contribution >= 4 is 5.91 Å². The molecule has 2 unspecified atom stereocenters. The largest absolute Gasteiger partial charge is 0.467 e. The fourth-order valence-electron chi connectivity index (χ4n) is 5.36. The van der Waals surface area contributed by atoms with Gasteiger partial charge in [-0.2, -0.15) is 0 Å². The number of rotatable bonds is 8. The maximum atomic E-state index is 12.8. The Kier molecular flexibility index (Phi) is 8.98. The minimum absolute atomic E-state index is 0.0781. The van der Waals surface area contributed by atoms with Gasteiger partial charge < -0.3 is 72.5 Å². The van der Waals surface area contributed by atoms with Crippen LogP contribution < -0.4 is 33.2 Å². The van der Waals surface area contributed by atoms with Crippen molar-refractivity contribution < 1.29 is 44.2 Å². The molecular formula is C23H42N6O9. The Hall–Kier alpha value is -1.47. The fourth-order valence-corrected chi connectivity index (χ4v) is 5.36. The van der Waals surface area contributed by atoms with Crippen LogP contribution in [0.15, 0.2) is 11.8 Å². The Labute approximate surface area is 221 Å². The number of amides is 1. The van der Waals surface area contributed by atoms with Crippen molar-refractivity contribution in [3.8, 4) is 0 Å². The summed E-state index contributed by atoms with van der Waals surface area (Å²) in [5.41, 5.74) is 15.3. The van der Waals surface area contributed by atoms with Gasteiger partial charge in [0.05, 0.1) is 31.3 Å². The van der Waals surface area contributed by atoms with Crippen LogP contribution in [-0.4, -0.2) is 132 Å². The molecule has 38 heavy (non-hydrogen) atoms. The van der Waals surface area contributed by atoms with E-state index in [2.05, 4.69) is 16.0 Å². The molecule has 2 saturated heterocycles. The summed E-state index contributed by atoms with van der Waals surface area (Å²) in [6.07, 6.45) is -4.83. The van der Waals surface area contributed by atoms with Crippen LogP contribution >= 0.6 is 0 Å². The molecule has 0 radical (unpaired) electrons. The first-order chi connectivity index (χ1) is 17.9. The van der Waals surface area contributed by atoms with Crippen LogP contribution in [0.5, 0.6) is 0 Å². The second-order valence-corrected chi connectivity index (χ2v) is 10.9. The Balaban J connectivity index is 1.54. The van der Waals surface area contributed by atoms with Gasteiger partial charge in [-0.3, -0.25) is 4.79 Å². The lowest BCUT2D eigenvalue weighted by atomic mass is 9.82. The third-order valence-corrected chi connectivity index (χ3v) is 7.75. The molecule has 3 aliphatic heterocycles. The van der Waals surface area contributed by atoms with Gasteiger partial charge in [0.1, 0.15) is 35.8 Å². The third kappa shape index (κ3) is 5.84. The number of aliphatic hydroxyl groups is 4. The number of carbonyl (C=O) groups excluding carboxylic acids is 1. The van der Waals surface area contributed by atoms with E-state index in [1.165, 1.54) is 6.92 Å². The average Bonchev–Trinajstić information content (AvgIpc) is 2.84. The highest BCUT2D eigenvalue weighted by Crippen LogP contribution is 2.32. The van der Waals surface area contributed by atoms with Gasteiger partial charge >= 0.3 is 0 Å². The fraction of sp³-hybridized carbons (Fsp3) is 0.870. The van der Waals surface area contributed by atoms with Gasteiger partial charge in [0.25, 0.3) is 5.91 Å². The lowest BCUT2D eigenvalue weighted by Crippen LogP contribution is -2.72. The Morgan fingerprint density at radius 2 is 1.84 bits per heavy atom. The van der Waals surface area contributed by atoms with Crippen LogP contribution in [0.4, 0.5) is 0 Å². The summed E-state index contributed by atoms with van der Waals surface area (Å²) in [6, 6.07) is -3.00. The summed E-state index contributed by atoms with van der Waals surface area (Å²) in [4.78, 5) is 12.8. The molecule has 1 amide bonds. The lowest BCUT2D eigenvalue weighted by Gasteiger charge is -2.49. The van der Waals surface area contributed by atoms with Gasteiger partial charge in [-0.05, 0) is 32.9 Å². The van der Waals surface area contributed by atoms with Crippen LogP contribution in [0, 0.1) is 0 Å². The van der Waals surface area contributed by atoms with E-state index in [0.29, 0.717) is 12.2 Å². The Bertz CT molecular complexity index is 874. The molecule has 13 N–H and O–H groups in total. The second-order valence-electron chi connectivity index (χ2n) is 10.9. The zero-order valence-corrected chi connectivity index (χ0v) is 21.7. The van der Waals surface area contributed by atoms with E-state index < -0.39 is 78.3 Å². The number of ether oxygens (including phenoxy) is 4. The highest BCUT2D eigenvalue weighted by atomic mass is 16.7. The number of hydrogen-bond acceptors (Lipinski definition) is 14. The normalized spacial score (nSPS) is 44.9. The summed E-state index contributed by atoms with van der Waals surface area (Å²) < 4.78 is 23.5. The molecule has 0 aromatic carbocycles. The highest BCUT2D eigenvalue weighted by Gasteiger charge is 2.53. The number of hydrogen-bond donors (Lipinski definition) is 10. The summed E-state index contributed by atoms with van der Waals surface area (Å²) in [6.45, 7) is 1.66. The maximum absolute atomic E-state index is 12.8. The topological polar surface area (TPSA) is 249 Å². The van der Waals surface area contributed by atoms with Crippen molar-refractivity contribution in [3.63, 3.8) is 0 Å². The standard InChI is InChI=1S/C23H42N6O9/c1-22(33)9-35-20(15(31)18(22)27-2)38-17-13(29-21(32)23(34)7-28-8-23)5-12(26)16(14(17)30)37-19-11(25)4-3-10(6-24)36-19/h3,11-20,27-28,30-31,33-34H,4-9,24-26H2,1-2H3,(H,29,32)/t11-,12+,13-,14+,15?,16-,17+,18-,19?,20-,22+/m1/s1. The number of nitrogens with two attached hydrogens (primary N) is 3. The number of carbonyl (C=O) groups is 1. The van der Waals surface area contributed by atoms with E-state index in [-0.39, 0.29) is 32.7 Å². The highest BCUT2D eigenvalue weighted by molar-refractivity contribution is 5.87. The molecule has 15 nitrogen and oxygen atoms in total. The summed E-state index contributed by atoms with van der Waals surface area (Å²) >= 11 is 0. The van der Waals surface area contributed by atoms with Crippen molar-refractivity contribution in [1.82, 2.24) is 16.0 Å². The molecule has 218 valence electrons. The number of likely N-dealkylation sites (N-methyl/N-ethyl adjacent to an activating group) is 1. The molecule has 0 aromatic rings. The zero-order chi connectivity index (χ0) is 27.8. The molecule has 3 fully saturated rings. The molecule has 0 bridgehead atoms. The van der Waals surface area contributed by atoms with E-state index in [4.69, 9.17) is 36.1 Å². The van der Waals surface area contributed by atoms with Crippen molar-refractivity contribution in [2.45, 2.75) is 92.1 Å². The molecular weight excluding hydrogens is 504 g/mol. The molecule has 15 heteroatoms. The van der Waals surface area contributed by atoms with Crippen LogP contribution in [0.3, 0.4) is 0 Å². The molecule has 11 atom stereocenters. The van der Waals surface area contributed by atoms with Crippen molar-refractivity contribution in [2.75, 3.05) is 33.3 Å². The number of nitrogens with one attached hydrogen (secondary N) is 3. The van der Waals surface area contributed by atoms with Crippen LogP contribution in [0.2, 0.25) is 0 Å². The van der Waals surface area contributed by atoms with E-state index in [0.717, 1.165) is 0 Å². The molecule has 3 heterocycles. The molecule has 4 rings (SSSR count). The van der Waals surface area contributed by atoms with E-state index in [9.17, 15) is 25.2 Å². The molecule has 4 aliphatic rings. The Morgan fingerprint density at radius 3 is 2.45 bits per heavy atom. The van der Waals surface area contributed by atoms with E-state index in [1.807, 2.05) is 0 Å². The zero-order valence-electron chi connectivity index (χ0n) is 21.7. The minimum atomic E-state index is -1.60. The van der Waals surface area contributed by atoms with Gasteiger partial charge in [0, 0.05) is 19.1 Å². The maximum Gasteiger partial charge on any atom is 0.254 e. The van der Waals surface area contributed by atoms with Crippen LogP contribution in [0.25, 0.3) is 0 Å². The first-order valence-corrected chi connectivity index (χ1v) is 12.9. The molecule has 1 saturated carbocycles. The minimum Gasteiger partial charge on any atom is -0.467 e. The molecule has 1 aliphatic carbocycles. The first kappa shape index (κ1) is 29.5. The summed E-state index contributed by atoms with van der Waals surface area (Å²) in [5.74, 6) is -0.148. The van der Waals surface area contributed by atoms with Crippen LogP contribution in [-0.2, 0) is 23.7 Å². The monoisotopic (exact) mass is 546 g/mol. The quantitative estimate of drug-likeness (QED) is 0.137. The van der Waals surface area contributed by atoms with Gasteiger partial charge in [0.2, 0.25) is 6.29 Å². The second kappa shape index (κ2) is 11.6. The molecule has 0 aromatic heterocycles. The van der Waals surface area contributed by atoms with Gasteiger partial charge in [0.15, 0.2) is 11.9 Å². The predicted molar refractivity (Wildman–Crippen MR) is 132 cm³/mol. The predicted octanol–water partition coefficient (Wildman–Crippen LogP) is -5.36. The summed E-state index contributed by atoms with van der Waals surface area (Å²) in [7, 11) is 1.58. The number of aliphatic hydroxyl groups excluding tert-OH is 2. The van der Waals surface area contributed by atoms with Crippen molar-refractivity contribution in [1.29, 1.82) is 0 Å². The van der Waals surface area contributed by atoms with Gasteiger partial charge in [-0.15, -0.1) is 0 Å². The lowest BCUT2D eigenvalue weighted by molar-refractivity contribution is -0.304. The van der Waals surface area contributed by atoms with Crippen molar-refractivity contribution in [3.05, 3.63) is 11.8 Å². The third-order valence-electron chi connectivity index (χ3n) is 7.75. The van der Waals surface area contributed by atoms with Crippen molar-refractivity contribution in [2.24, 2.45) is 17.2 Å². The Morgan fingerprint density at radius 1 is 1.16 bits per heavy atom. The van der Waals surface area contributed by atoms with Crippen LogP contribution in [0.1, 0.15) is 19.8 Å². The smallest absolute Gasteiger partial charge is 0.254 e. The van der Waals surface area contributed by atoms with Gasteiger partial charge in [-0.25, -0.2) is 0 Å². The first-order valence-electron chi connectivity index (χ1n) is 12.9. The average molecular weight is 547 g/mol. The SMILES string of the molecule is CN[C@@H]1C(O)[C@@H](O[C@@H]2[C@@H](O)[C@H](OC3OC(CN)=CC[C@H]3N)[C@@H](N)C[C@H]2NC(=O)C2(O)CNC2)OC[C@]1(C)O. The van der Waals surface area contributed by atoms with E-state index in [1.54, 1.807) is 13.1 Å². The number of β-amino-alcohol motifs (C(OH)–C–C–N with tert-alkyl or cyclic N) is 1. The van der Waals surface area contributed by atoms with Gasteiger partial charge in [-0.1, -0.05) is 0 Å². The molecule has 0 spiro atoms. The summed E-state index contributed by atoms with van der Waals surface area (Å²) in [5, 5.41) is 51.8. The van der Waals surface area contributed by atoms with E-state index >= 15 is 0 Å².